The number of carbonyl (C=O) groups excluding carboxylic acids is 1. The molecule has 0 fully saturated rings. The average Bonchev–Trinajstić information content (AvgIpc) is 2.61. The molecule has 2 aromatic carbocycles. The first-order valence-corrected chi connectivity index (χ1v) is 8.17. The van der Waals surface area contributed by atoms with Crippen LogP contribution in [-0.4, -0.2) is 30.2 Å². The van der Waals surface area contributed by atoms with Gasteiger partial charge in [0.25, 0.3) is 11.5 Å². The van der Waals surface area contributed by atoms with E-state index < -0.39 is 0 Å². The molecule has 6 heteroatoms. The first-order valence-electron chi connectivity index (χ1n) is 8.17. The van der Waals surface area contributed by atoms with Gasteiger partial charge in [0.1, 0.15) is 6.54 Å². The molecular formula is C19H21N4O2+. The van der Waals surface area contributed by atoms with Crippen molar-refractivity contribution in [2.75, 3.05) is 14.1 Å². The highest BCUT2D eigenvalue weighted by molar-refractivity contribution is 6.04. The van der Waals surface area contributed by atoms with E-state index in [1.165, 1.54) is 10.5 Å². The molecule has 0 saturated heterocycles. The van der Waals surface area contributed by atoms with Gasteiger partial charge in [0.05, 0.1) is 19.5 Å². The van der Waals surface area contributed by atoms with Crippen molar-refractivity contribution in [2.24, 2.45) is 0 Å². The number of aromatic amines is 1. The fourth-order valence-electron chi connectivity index (χ4n) is 2.83. The van der Waals surface area contributed by atoms with Gasteiger partial charge >= 0.3 is 0 Å². The third-order valence-corrected chi connectivity index (χ3v) is 4.01. The summed E-state index contributed by atoms with van der Waals surface area (Å²) in [6.45, 7) is 1.29. The Morgan fingerprint density at radius 3 is 2.40 bits per heavy atom. The van der Waals surface area contributed by atoms with E-state index in [1.54, 1.807) is 24.3 Å². The highest BCUT2D eigenvalue weighted by Gasteiger charge is 2.14. The summed E-state index contributed by atoms with van der Waals surface area (Å²) < 4.78 is 0. The molecule has 1 heterocycles. The van der Waals surface area contributed by atoms with Crippen molar-refractivity contribution in [3.8, 4) is 0 Å². The van der Waals surface area contributed by atoms with Crippen LogP contribution in [0.4, 0.5) is 0 Å². The number of nitrogens with zero attached hydrogens (tertiary/aromatic N) is 1. The molecule has 0 aliphatic carbocycles. The monoisotopic (exact) mass is 337 g/mol. The number of hydrogen-bond donors (Lipinski definition) is 3. The second kappa shape index (κ2) is 7.27. The predicted octanol–water partition coefficient (Wildman–Crippen LogP) is 0.498. The smallest absolute Gasteiger partial charge is 0.272 e. The number of fused-ring (bicyclic) bond motifs is 1. The van der Waals surface area contributed by atoms with Gasteiger partial charge in [-0.1, -0.05) is 42.5 Å². The van der Waals surface area contributed by atoms with Crippen LogP contribution in [0.5, 0.6) is 0 Å². The van der Waals surface area contributed by atoms with Crippen LogP contribution in [0.3, 0.4) is 0 Å². The van der Waals surface area contributed by atoms with E-state index in [9.17, 15) is 9.59 Å². The maximum Gasteiger partial charge on any atom is 0.272 e. The van der Waals surface area contributed by atoms with E-state index in [4.69, 9.17) is 0 Å². The van der Waals surface area contributed by atoms with Gasteiger partial charge in [-0.15, -0.1) is 0 Å². The van der Waals surface area contributed by atoms with Crippen molar-refractivity contribution < 1.29 is 9.69 Å². The lowest BCUT2D eigenvalue weighted by Crippen LogP contribution is -3.04. The number of aromatic nitrogens is 2. The molecule has 0 saturated carbocycles. The number of rotatable bonds is 5. The number of carbonyl (C=O) groups is 1. The van der Waals surface area contributed by atoms with E-state index >= 15 is 0 Å². The Kier molecular flexibility index (Phi) is 4.90. The van der Waals surface area contributed by atoms with Crippen molar-refractivity contribution in [2.45, 2.75) is 13.1 Å². The number of nitrogens with one attached hydrogen (secondary N) is 3. The molecule has 3 aromatic rings. The van der Waals surface area contributed by atoms with Crippen LogP contribution < -0.4 is 15.8 Å². The molecular weight excluding hydrogens is 316 g/mol. The minimum Gasteiger partial charge on any atom is -0.347 e. The molecule has 3 N–H and O–H groups in total. The maximum atomic E-state index is 12.6. The van der Waals surface area contributed by atoms with E-state index in [-0.39, 0.29) is 17.2 Å². The number of hydrogen-bond acceptors (Lipinski definition) is 3. The molecule has 0 atom stereocenters. The van der Waals surface area contributed by atoms with Gasteiger partial charge in [-0.2, -0.15) is 5.10 Å². The van der Waals surface area contributed by atoms with Crippen LogP contribution in [0.2, 0.25) is 0 Å². The lowest BCUT2D eigenvalue weighted by Gasteiger charge is -2.13. The summed E-state index contributed by atoms with van der Waals surface area (Å²) >= 11 is 0. The Balaban J connectivity index is 1.83. The van der Waals surface area contributed by atoms with E-state index in [1.807, 2.05) is 18.2 Å². The van der Waals surface area contributed by atoms with Crippen LogP contribution in [0, 0.1) is 0 Å². The van der Waals surface area contributed by atoms with Gasteiger partial charge in [-0.05, 0) is 11.6 Å². The summed E-state index contributed by atoms with van der Waals surface area (Å²) in [5.41, 5.74) is 2.20. The lowest BCUT2D eigenvalue weighted by atomic mass is 10.1. The minimum atomic E-state index is -0.306. The molecule has 3 rings (SSSR count). The highest BCUT2D eigenvalue weighted by Crippen LogP contribution is 2.13. The van der Waals surface area contributed by atoms with Crippen LogP contribution in [-0.2, 0) is 13.1 Å². The summed E-state index contributed by atoms with van der Waals surface area (Å²) in [5.74, 6) is -0.306. The molecule has 0 radical (unpaired) electrons. The van der Waals surface area contributed by atoms with Crippen LogP contribution in [0.1, 0.15) is 21.6 Å². The quantitative estimate of drug-likeness (QED) is 0.634. The standard InChI is InChI=1S/C19H20N4O2/c1-23(2)12-14-8-4-3-7-13(14)11-20-19(25)17-15-9-5-6-10-16(15)18(24)22-21-17/h3-10H,11-12H2,1-2H3,(H,20,25)(H,22,24)/p+1. The Labute approximate surface area is 145 Å². The van der Waals surface area contributed by atoms with Gasteiger partial charge in [-0.3, -0.25) is 9.59 Å². The second-order valence-electron chi connectivity index (χ2n) is 6.28. The summed E-state index contributed by atoms with van der Waals surface area (Å²) in [7, 11) is 4.18. The normalized spacial score (nSPS) is 11.0. The molecule has 1 amide bonds. The molecule has 6 nitrogen and oxygen atoms in total. The zero-order valence-electron chi connectivity index (χ0n) is 14.3. The van der Waals surface area contributed by atoms with Crippen LogP contribution >= 0.6 is 0 Å². The van der Waals surface area contributed by atoms with Gasteiger partial charge in [0, 0.05) is 17.5 Å². The summed E-state index contributed by atoms with van der Waals surface area (Å²) in [5, 5.41) is 10.2. The zero-order chi connectivity index (χ0) is 17.8. The Bertz CT molecular complexity index is 963. The Hall–Kier alpha value is -2.99. The van der Waals surface area contributed by atoms with E-state index in [0.29, 0.717) is 17.3 Å². The van der Waals surface area contributed by atoms with Crippen molar-refractivity contribution in [1.29, 1.82) is 0 Å². The van der Waals surface area contributed by atoms with Gasteiger partial charge in [0.15, 0.2) is 5.69 Å². The largest absolute Gasteiger partial charge is 0.347 e. The molecule has 0 aliphatic heterocycles. The molecule has 0 spiro atoms. The SMILES string of the molecule is C[NH+](C)Cc1ccccc1CNC(=O)c1n[nH]c(=O)c2ccccc12. The number of amides is 1. The molecule has 25 heavy (non-hydrogen) atoms. The molecule has 128 valence electrons. The number of H-pyrrole nitrogens is 1. The van der Waals surface area contributed by atoms with Gasteiger partial charge in [0.2, 0.25) is 0 Å². The van der Waals surface area contributed by atoms with Gasteiger partial charge in [-0.25, -0.2) is 5.10 Å². The third-order valence-electron chi connectivity index (χ3n) is 4.01. The highest BCUT2D eigenvalue weighted by atomic mass is 16.2. The number of benzene rings is 2. The Morgan fingerprint density at radius 2 is 1.68 bits per heavy atom. The zero-order valence-corrected chi connectivity index (χ0v) is 14.3. The minimum absolute atomic E-state index is 0.228. The first kappa shape index (κ1) is 16.9. The van der Waals surface area contributed by atoms with Crippen LogP contribution in [0.25, 0.3) is 10.8 Å². The number of quaternary nitrogens is 1. The average molecular weight is 337 g/mol. The van der Waals surface area contributed by atoms with Gasteiger partial charge < -0.3 is 10.2 Å². The van der Waals surface area contributed by atoms with Crippen molar-refractivity contribution in [3.63, 3.8) is 0 Å². The maximum absolute atomic E-state index is 12.6. The molecule has 1 aromatic heterocycles. The predicted molar refractivity (Wildman–Crippen MR) is 96.5 cm³/mol. The summed E-state index contributed by atoms with van der Waals surface area (Å²) in [6, 6.07) is 15.0. The fraction of sp³-hybridized carbons (Fsp3) is 0.211. The van der Waals surface area contributed by atoms with Crippen molar-refractivity contribution in [3.05, 3.63) is 75.7 Å². The lowest BCUT2D eigenvalue weighted by molar-refractivity contribution is -0.872. The third kappa shape index (κ3) is 3.75. The first-order chi connectivity index (χ1) is 12.1. The second-order valence-corrected chi connectivity index (χ2v) is 6.28. The van der Waals surface area contributed by atoms with Crippen LogP contribution in [0.15, 0.2) is 53.3 Å². The van der Waals surface area contributed by atoms with E-state index in [0.717, 1.165) is 12.1 Å². The molecule has 0 unspecified atom stereocenters. The molecule has 0 bridgehead atoms. The van der Waals surface area contributed by atoms with Crippen molar-refractivity contribution in [1.82, 2.24) is 15.5 Å². The van der Waals surface area contributed by atoms with E-state index in [2.05, 4.69) is 35.7 Å². The molecule has 0 aliphatic rings. The topological polar surface area (TPSA) is 79.3 Å². The van der Waals surface area contributed by atoms with Crippen molar-refractivity contribution >= 4 is 16.7 Å². The Morgan fingerprint density at radius 1 is 1.04 bits per heavy atom. The fourth-order valence-corrected chi connectivity index (χ4v) is 2.83. The summed E-state index contributed by atoms with van der Waals surface area (Å²) in [4.78, 5) is 25.7. The summed E-state index contributed by atoms with van der Waals surface area (Å²) in [6.07, 6.45) is 0.